The molecule has 1 fully saturated rings. The van der Waals surface area contributed by atoms with E-state index in [2.05, 4.69) is 35.4 Å². The van der Waals surface area contributed by atoms with Gasteiger partial charge < -0.3 is 5.32 Å². The highest BCUT2D eigenvalue weighted by molar-refractivity contribution is 5.75. The highest BCUT2D eigenvalue weighted by Gasteiger charge is 2.34. The summed E-state index contributed by atoms with van der Waals surface area (Å²) in [5.74, 6) is 1.06. The molecule has 3 aromatic rings. The summed E-state index contributed by atoms with van der Waals surface area (Å²) in [5, 5.41) is 22.9. The fourth-order valence-corrected chi connectivity index (χ4v) is 4.12. The third kappa shape index (κ3) is 4.35. The second kappa shape index (κ2) is 8.45. The van der Waals surface area contributed by atoms with E-state index in [0.717, 1.165) is 37.2 Å². The minimum absolute atomic E-state index is 0.0581. The smallest absolute Gasteiger partial charge is 0.220 e. The first-order chi connectivity index (χ1) is 13.7. The van der Waals surface area contributed by atoms with E-state index in [1.807, 2.05) is 24.4 Å². The van der Waals surface area contributed by atoms with Gasteiger partial charge in [-0.25, -0.2) is 4.68 Å². The Morgan fingerprint density at radius 1 is 1.18 bits per heavy atom. The van der Waals surface area contributed by atoms with Gasteiger partial charge in [0.25, 0.3) is 0 Å². The number of hydrogen-bond acceptors (Lipinski definition) is 6. The van der Waals surface area contributed by atoms with Crippen LogP contribution < -0.4 is 5.32 Å². The van der Waals surface area contributed by atoms with Crippen molar-refractivity contribution in [2.24, 2.45) is 5.41 Å². The van der Waals surface area contributed by atoms with Gasteiger partial charge in [-0.15, -0.1) is 15.3 Å². The molecule has 9 nitrogen and oxygen atoms in total. The summed E-state index contributed by atoms with van der Waals surface area (Å²) < 4.78 is 3.71. The average molecular weight is 382 g/mol. The van der Waals surface area contributed by atoms with Crippen LogP contribution in [0.3, 0.4) is 0 Å². The van der Waals surface area contributed by atoms with Gasteiger partial charge in [0.2, 0.25) is 5.91 Å². The maximum atomic E-state index is 12.4. The fraction of sp³-hybridized carbons (Fsp3) is 0.579. The van der Waals surface area contributed by atoms with Crippen molar-refractivity contribution >= 4 is 11.6 Å². The predicted molar refractivity (Wildman–Crippen MR) is 102 cm³/mol. The molecule has 0 atom stereocenters. The topological polar surface area (TPSA) is 103 Å². The summed E-state index contributed by atoms with van der Waals surface area (Å²) in [7, 11) is 0. The summed E-state index contributed by atoms with van der Waals surface area (Å²) in [5.41, 5.74) is 0.929. The lowest BCUT2D eigenvalue weighted by Crippen LogP contribution is -2.40. The molecule has 1 aliphatic rings. The first-order valence-corrected chi connectivity index (χ1v) is 10.0. The maximum Gasteiger partial charge on any atom is 0.220 e. The summed E-state index contributed by atoms with van der Waals surface area (Å²) in [6.45, 7) is 1.34. The van der Waals surface area contributed by atoms with Gasteiger partial charge in [-0.2, -0.15) is 0 Å². The molecule has 3 aromatic heterocycles. The number of nitrogens with zero attached hydrogens (tertiary/aromatic N) is 7. The molecular weight excluding hydrogens is 356 g/mol. The summed E-state index contributed by atoms with van der Waals surface area (Å²) >= 11 is 0. The molecule has 1 saturated carbocycles. The van der Waals surface area contributed by atoms with E-state index in [-0.39, 0.29) is 11.3 Å². The predicted octanol–water partition coefficient (Wildman–Crippen LogP) is 1.81. The van der Waals surface area contributed by atoms with Crippen molar-refractivity contribution in [1.29, 1.82) is 0 Å². The Morgan fingerprint density at radius 2 is 2.07 bits per heavy atom. The molecule has 0 radical (unpaired) electrons. The van der Waals surface area contributed by atoms with Gasteiger partial charge in [0.15, 0.2) is 5.65 Å². The number of amides is 1. The Hall–Kier alpha value is -2.84. The lowest BCUT2D eigenvalue weighted by molar-refractivity contribution is -0.121. The molecule has 0 saturated heterocycles. The van der Waals surface area contributed by atoms with E-state index >= 15 is 0 Å². The van der Waals surface area contributed by atoms with E-state index in [4.69, 9.17) is 0 Å². The van der Waals surface area contributed by atoms with Crippen molar-refractivity contribution in [1.82, 2.24) is 40.1 Å². The molecular formula is C19H26N8O. The zero-order valence-corrected chi connectivity index (χ0v) is 16.0. The zero-order valence-electron chi connectivity index (χ0n) is 16.0. The molecule has 148 valence electrons. The quantitative estimate of drug-likeness (QED) is 0.637. The molecule has 0 bridgehead atoms. The molecule has 0 spiro atoms. The van der Waals surface area contributed by atoms with Crippen LogP contribution in [-0.4, -0.2) is 47.3 Å². The summed E-state index contributed by atoms with van der Waals surface area (Å²) in [6.07, 6.45) is 11.5. The second-order valence-electron chi connectivity index (χ2n) is 7.74. The van der Waals surface area contributed by atoms with Crippen LogP contribution in [0.2, 0.25) is 0 Å². The monoisotopic (exact) mass is 382 g/mol. The Labute approximate surface area is 163 Å². The van der Waals surface area contributed by atoms with E-state index in [1.54, 1.807) is 11.0 Å². The highest BCUT2D eigenvalue weighted by Crippen LogP contribution is 2.38. The van der Waals surface area contributed by atoms with E-state index in [0.29, 0.717) is 19.5 Å². The number of tetrazole rings is 1. The van der Waals surface area contributed by atoms with Crippen molar-refractivity contribution in [2.75, 3.05) is 6.54 Å². The molecule has 1 amide bonds. The first-order valence-electron chi connectivity index (χ1n) is 10.0. The number of rotatable bonds is 8. The Kier molecular flexibility index (Phi) is 5.59. The van der Waals surface area contributed by atoms with Gasteiger partial charge in [0.05, 0.1) is 0 Å². The van der Waals surface area contributed by atoms with E-state index in [1.165, 1.54) is 19.3 Å². The summed E-state index contributed by atoms with van der Waals surface area (Å²) in [4.78, 5) is 12.4. The average Bonchev–Trinajstić information content (AvgIpc) is 3.38. The van der Waals surface area contributed by atoms with Crippen LogP contribution in [-0.2, 0) is 17.8 Å². The van der Waals surface area contributed by atoms with Crippen LogP contribution in [0.25, 0.3) is 5.65 Å². The molecule has 0 aromatic carbocycles. The van der Waals surface area contributed by atoms with Crippen molar-refractivity contribution in [3.05, 3.63) is 36.5 Å². The first kappa shape index (κ1) is 18.5. The summed E-state index contributed by atoms with van der Waals surface area (Å²) in [6, 6.07) is 5.94. The lowest BCUT2D eigenvalue weighted by Gasteiger charge is -2.37. The number of aromatic nitrogens is 7. The Morgan fingerprint density at radius 3 is 2.89 bits per heavy atom. The molecule has 28 heavy (non-hydrogen) atoms. The van der Waals surface area contributed by atoms with Crippen molar-refractivity contribution in [3.63, 3.8) is 0 Å². The van der Waals surface area contributed by atoms with E-state index < -0.39 is 0 Å². The van der Waals surface area contributed by atoms with Crippen LogP contribution in [0.15, 0.2) is 30.7 Å². The van der Waals surface area contributed by atoms with Gasteiger partial charge in [0, 0.05) is 32.1 Å². The number of fused-ring (bicyclic) bond motifs is 1. The fourth-order valence-electron chi connectivity index (χ4n) is 4.12. The maximum absolute atomic E-state index is 12.4. The van der Waals surface area contributed by atoms with Gasteiger partial charge >= 0.3 is 0 Å². The Bertz CT molecular complexity index is 898. The lowest BCUT2D eigenvalue weighted by atomic mass is 9.71. The second-order valence-corrected chi connectivity index (χ2v) is 7.74. The molecule has 0 aliphatic heterocycles. The normalized spacial score (nSPS) is 16.3. The Balaban J connectivity index is 1.36. The van der Waals surface area contributed by atoms with Crippen LogP contribution in [0, 0.1) is 5.41 Å². The minimum atomic E-state index is 0.0581. The van der Waals surface area contributed by atoms with Crippen molar-refractivity contribution in [2.45, 2.75) is 57.9 Å². The molecule has 4 rings (SSSR count). The van der Waals surface area contributed by atoms with E-state index in [9.17, 15) is 4.79 Å². The number of pyridine rings is 1. The molecule has 0 unspecified atom stereocenters. The molecule has 9 heteroatoms. The van der Waals surface area contributed by atoms with Crippen LogP contribution in [0.1, 0.15) is 50.8 Å². The van der Waals surface area contributed by atoms with Gasteiger partial charge in [-0.3, -0.25) is 9.20 Å². The highest BCUT2D eigenvalue weighted by atomic mass is 16.1. The van der Waals surface area contributed by atoms with Gasteiger partial charge in [0.1, 0.15) is 12.2 Å². The minimum Gasteiger partial charge on any atom is -0.356 e. The number of carbonyl (C=O) groups excluding carboxylic acids is 1. The third-order valence-electron chi connectivity index (χ3n) is 5.67. The number of carbonyl (C=O) groups is 1. The number of hydrogen-bond donors (Lipinski definition) is 1. The number of nitrogens with one attached hydrogen (secondary N) is 1. The van der Waals surface area contributed by atoms with Crippen molar-refractivity contribution < 1.29 is 4.79 Å². The largest absolute Gasteiger partial charge is 0.356 e. The molecule has 1 N–H and O–H groups in total. The molecule has 3 heterocycles. The number of aryl methyl sites for hydroxylation is 1. The third-order valence-corrected chi connectivity index (χ3v) is 5.67. The molecule has 1 aliphatic carbocycles. The SMILES string of the molecule is O=C(CCCn1cnnn1)NCC1(Cc2nnc3ccccn23)CCCCC1. The van der Waals surface area contributed by atoms with Gasteiger partial charge in [-0.05, 0) is 47.2 Å². The standard InChI is InChI=1S/C19H26N8O/c28-18(8-6-11-26-15-21-24-25-26)20-14-19(9-3-1-4-10-19)13-17-23-22-16-7-2-5-12-27(16)17/h2,5,7,12,15H,1,3-4,6,8-11,13-14H2,(H,20,28). The van der Waals surface area contributed by atoms with Crippen molar-refractivity contribution in [3.8, 4) is 0 Å². The van der Waals surface area contributed by atoms with Crippen LogP contribution in [0.5, 0.6) is 0 Å². The zero-order chi connectivity index (χ0) is 19.2. The van der Waals surface area contributed by atoms with Crippen LogP contribution in [0.4, 0.5) is 0 Å². The van der Waals surface area contributed by atoms with Gasteiger partial charge in [-0.1, -0.05) is 25.3 Å². The van der Waals surface area contributed by atoms with Crippen LogP contribution >= 0.6 is 0 Å².